The molecule has 2 aromatic carbocycles. The second-order valence-electron chi connectivity index (χ2n) is 5.80. The van der Waals surface area contributed by atoms with E-state index in [9.17, 15) is 9.90 Å². The van der Waals surface area contributed by atoms with Crippen LogP contribution in [0.4, 0.5) is 5.69 Å². The first-order chi connectivity index (χ1) is 12.0. The molecular weight excluding hydrogens is 338 g/mol. The molecule has 5 nitrogen and oxygen atoms in total. The molecule has 6 heteroatoms. The Morgan fingerprint density at radius 1 is 1.20 bits per heavy atom. The van der Waals surface area contributed by atoms with Gasteiger partial charge in [0, 0.05) is 22.5 Å². The average Bonchev–Trinajstić information content (AvgIpc) is 2.83. The smallest absolute Gasteiger partial charge is 0.259 e. The third-order valence-corrected chi connectivity index (χ3v) is 4.36. The number of nitrogens with zero attached hydrogens (tertiary/aromatic N) is 2. The quantitative estimate of drug-likeness (QED) is 0.738. The summed E-state index contributed by atoms with van der Waals surface area (Å²) in [5.41, 5.74) is 3.39. The van der Waals surface area contributed by atoms with Gasteiger partial charge in [0.1, 0.15) is 5.75 Å². The van der Waals surface area contributed by atoms with Gasteiger partial charge in [0.25, 0.3) is 5.91 Å². The molecule has 0 bridgehead atoms. The topological polar surface area (TPSA) is 67.2 Å². The number of aromatic hydroxyl groups is 1. The number of hydrogen-bond acceptors (Lipinski definition) is 3. The third kappa shape index (κ3) is 3.67. The molecule has 0 aliphatic rings. The highest BCUT2D eigenvalue weighted by molar-refractivity contribution is 6.31. The summed E-state index contributed by atoms with van der Waals surface area (Å²) in [5.74, 6) is -0.160. The fourth-order valence-corrected chi connectivity index (χ4v) is 2.94. The molecule has 1 aromatic heterocycles. The Morgan fingerprint density at radius 2 is 1.96 bits per heavy atom. The van der Waals surface area contributed by atoms with Crippen molar-refractivity contribution in [1.29, 1.82) is 0 Å². The number of rotatable bonds is 4. The molecular formula is C19H18ClN3O2. The number of halogens is 1. The van der Waals surface area contributed by atoms with Gasteiger partial charge in [-0.15, -0.1) is 0 Å². The van der Waals surface area contributed by atoms with E-state index in [-0.39, 0.29) is 11.7 Å². The highest BCUT2D eigenvalue weighted by Gasteiger charge is 2.19. The fourth-order valence-electron chi connectivity index (χ4n) is 2.74. The minimum atomic E-state index is -0.258. The zero-order valence-electron chi connectivity index (χ0n) is 14.0. The number of phenols is 1. The van der Waals surface area contributed by atoms with Crippen LogP contribution in [0, 0.1) is 13.8 Å². The summed E-state index contributed by atoms with van der Waals surface area (Å²) in [6.07, 6.45) is 0. The van der Waals surface area contributed by atoms with Gasteiger partial charge < -0.3 is 10.4 Å². The molecule has 0 unspecified atom stereocenters. The molecule has 0 aliphatic heterocycles. The van der Waals surface area contributed by atoms with E-state index in [1.807, 2.05) is 31.2 Å². The lowest BCUT2D eigenvalue weighted by Crippen LogP contribution is -2.14. The van der Waals surface area contributed by atoms with Gasteiger partial charge in [0.05, 0.1) is 17.8 Å². The molecule has 0 atom stereocenters. The molecule has 25 heavy (non-hydrogen) atoms. The van der Waals surface area contributed by atoms with E-state index in [1.54, 1.807) is 29.8 Å². The Hall–Kier alpha value is -2.79. The summed E-state index contributed by atoms with van der Waals surface area (Å²) in [5, 5.41) is 17.5. The first-order valence-corrected chi connectivity index (χ1v) is 8.21. The number of aryl methyl sites for hydroxylation is 1. The summed E-state index contributed by atoms with van der Waals surface area (Å²) in [4.78, 5) is 12.6. The predicted octanol–water partition coefficient (Wildman–Crippen LogP) is 4.16. The molecule has 0 saturated heterocycles. The molecule has 0 saturated carbocycles. The van der Waals surface area contributed by atoms with Gasteiger partial charge in [0.2, 0.25) is 0 Å². The second kappa shape index (κ2) is 6.99. The van der Waals surface area contributed by atoms with Crippen LogP contribution in [-0.4, -0.2) is 20.8 Å². The standard InChI is InChI=1S/C19H18ClN3O2/c1-12-18(19(25)21-15-7-5-8-16(24)10-15)13(2)23(22-12)11-14-6-3-4-9-17(14)20/h3-10,24H,11H2,1-2H3,(H,21,25). The first kappa shape index (κ1) is 17.0. The fraction of sp³-hybridized carbons (Fsp3) is 0.158. The predicted molar refractivity (Wildman–Crippen MR) is 98.3 cm³/mol. The summed E-state index contributed by atoms with van der Waals surface area (Å²) in [6.45, 7) is 4.15. The molecule has 2 N–H and O–H groups in total. The van der Waals surface area contributed by atoms with E-state index in [0.29, 0.717) is 28.5 Å². The van der Waals surface area contributed by atoms with Crippen LogP contribution in [0.15, 0.2) is 48.5 Å². The maximum absolute atomic E-state index is 12.6. The van der Waals surface area contributed by atoms with Gasteiger partial charge in [-0.25, -0.2) is 0 Å². The van der Waals surface area contributed by atoms with Crippen LogP contribution in [0.3, 0.4) is 0 Å². The van der Waals surface area contributed by atoms with Crippen molar-refractivity contribution in [3.63, 3.8) is 0 Å². The number of benzene rings is 2. The SMILES string of the molecule is Cc1nn(Cc2ccccc2Cl)c(C)c1C(=O)Nc1cccc(O)c1. The second-order valence-corrected chi connectivity index (χ2v) is 6.21. The molecule has 128 valence electrons. The van der Waals surface area contributed by atoms with Crippen LogP contribution in [0.1, 0.15) is 27.3 Å². The minimum absolute atomic E-state index is 0.0978. The number of phenolic OH excluding ortho intramolecular Hbond substituents is 1. The van der Waals surface area contributed by atoms with Crippen LogP contribution in [0.5, 0.6) is 5.75 Å². The van der Waals surface area contributed by atoms with Crippen LogP contribution >= 0.6 is 11.6 Å². The van der Waals surface area contributed by atoms with Gasteiger partial charge >= 0.3 is 0 Å². The summed E-state index contributed by atoms with van der Waals surface area (Å²) < 4.78 is 1.77. The monoisotopic (exact) mass is 355 g/mol. The van der Waals surface area contributed by atoms with Gasteiger partial charge in [0.15, 0.2) is 0 Å². The van der Waals surface area contributed by atoms with Crippen molar-refractivity contribution in [2.75, 3.05) is 5.32 Å². The lowest BCUT2D eigenvalue weighted by Gasteiger charge is -2.08. The van der Waals surface area contributed by atoms with Gasteiger partial charge in [-0.1, -0.05) is 35.9 Å². The molecule has 0 aliphatic carbocycles. The summed E-state index contributed by atoms with van der Waals surface area (Å²) in [6, 6.07) is 14.0. The first-order valence-electron chi connectivity index (χ1n) is 7.83. The number of amides is 1. The maximum Gasteiger partial charge on any atom is 0.259 e. The highest BCUT2D eigenvalue weighted by atomic mass is 35.5. The summed E-state index contributed by atoms with van der Waals surface area (Å²) in [7, 11) is 0. The van der Waals surface area contributed by atoms with Crippen molar-refractivity contribution in [1.82, 2.24) is 9.78 Å². The Balaban J connectivity index is 1.86. The Morgan fingerprint density at radius 3 is 2.68 bits per heavy atom. The van der Waals surface area contributed by atoms with Gasteiger partial charge in [-0.05, 0) is 37.6 Å². The zero-order valence-corrected chi connectivity index (χ0v) is 14.7. The van der Waals surface area contributed by atoms with Gasteiger partial charge in [-0.3, -0.25) is 9.48 Å². The summed E-state index contributed by atoms with van der Waals surface area (Å²) >= 11 is 6.21. The normalized spacial score (nSPS) is 10.7. The van der Waals surface area contributed by atoms with E-state index in [2.05, 4.69) is 10.4 Å². The number of hydrogen-bond donors (Lipinski definition) is 2. The van der Waals surface area contributed by atoms with Crippen LogP contribution in [0.25, 0.3) is 0 Å². The van der Waals surface area contributed by atoms with Crippen molar-refractivity contribution < 1.29 is 9.90 Å². The lowest BCUT2D eigenvalue weighted by molar-refractivity contribution is 0.102. The number of carbonyl (C=O) groups excluding carboxylic acids is 1. The van der Waals surface area contributed by atoms with Gasteiger partial charge in [-0.2, -0.15) is 5.10 Å². The molecule has 3 aromatic rings. The maximum atomic E-state index is 12.6. The average molecular weight is 356 g/mol. The Kier molecular flexibility index (Phi) is 4.76. The van der Waals surface area contributed by atoms with E-state index >= 15 is 0 Å². The molecule has 0 spiro atoms. The van der Waals surface area contributed by atoms with Crippen molar-refractivity contribution in [2.24, 2.45) is 0 Å². The molecule has 0 radical (unpaired) electrons. The van der Waals surface area contributed by atoms with Crippen molar-refractivity contribution >= 4 is 23.2 Å². The van der Waals surface area contributed by atoms with E-state index in [1.165, 1.54) is 6.07 Å². The zero-order chi connectivity index (χ0) is 18.0. The largest absolute Gasteiger partial charge is 0.508 e. The van der Waals surface area contributed by atoms with Crippen molar-refractivity contribution in [2.45, 2.75) is 20.4 Å². The van der Waals surface area contributed by atoms with Crippen LogP contribution in [-0.2, 0) is 6.54 Å². The number of carbonyl (C=O) groups is 1. The third-order valence-electron chi connectivity index (χ3n) is 3.99. The Labute approximate surface area is 150 Å². The molecule has 3 rings (SSSR count). The molecule has 0 fully saturated rings. The number of anilines is 1. The minimum Gasteiger partial charge on any atom is -0.508 e. The lowest BCUT2D eigenvalue weighted by atomic mass is 10.1. The highest BCUT2D eigenvalue weighted by Crippen LogP contribution is 2.21. The van der Waals surface area contributed by atoms with E-state index in [4.69, 9.17) is 11.6 Å². The Bertz CT molecular complexity index is 934. The van der Waals surface area contributed by atoms with E-state index in [0.717, 1.165) is 11.3 Å². The number of nitrogens with one attached hydrogen (secondary N) is 1. The van der Waals surface area contributed by atoms with Crippen LogP contribution in [0.2, 0.25) is 5.02 Å². The van der Waals surface area contributed by atoms with Crippen molar-refractivity contribution in [3.8, 4) is 5.75 Å². The van der Waals surface area contributed by atoms with Crippen molar-refractivity contribution in [3.05, 3.63) is 76.1 Å². The molecule has 1 amide bonds. The van der Waals surface area contributed by atoms with E-state index < -0.39 is 0 Å². The molecule has 1 heterocycles. The van der Waals surface area contributed by atoms with Crippen LogP contribution < -0.4 is 5.32 Å². The number of aromatic nitrogens is 2.